The zero-order chi connectivity index (χ0) is 9.14. The molecule has 1 aromatic heterocycles. The van der Waals surface area contributed by atoms with Gasteiger partial charge in [0.15, 0.2) is 5.78 Å². The Morgan fingerprint density at radius 1 is 1.67 bits per heavy atom. The van der Waals surface area contributed by atoms with Crippen LogP contribution in [0.15, 0.2) is 6.20 Å². The lowest BCUT2D eigenvalue weighted by molar-refractivity contribution is 0.101. The Balaban J connectivity index is 3.03. The fourth-order valence-electron chi connectivity index (χ4n) is 1.29. The van der Waals surface area contributed by atoms with E-state index in [0.29, 0.717) is 0 Å². The molecule has 0 spiro atoms. The van der Waals surface area contributed by atoms with Gasteiger partial charge in [-0.2, -0.15) is 5.10 Å². The highest BCUT2D eigenvalue weighted by atomic mass is 16.1. The van der Waals surface area contributed by atoms with Gasteiger partial charge >= 0.3 is 0 Å². The molecule has 0 atom stereocenters. The van der Waals surface area contributed by atoms with Crippen molar-refractivity contribution in [3.05, 3.63) is 17.5 Å². The maximum Gasteiger partial charge on any atom is 0.163 e. The molecular formula is C9H14N2O. The van der Waals surface area contributed by atoms with Crippen LogP contribution in [0.25, 0.3) is 0 Å². The first-order valence-corrected chi connectivity index (χ1v) is 4.18. The fraction of sp³-hybridized carbons (Fsp3) is 0.556. The normalized spacial score (nSPS) is 10.2. The number of hydrogen-bond donors (Lipinski definition) is 0. The third-order valence-electron chi connectivity index (χ3n) is 1.93. The van der Waals surface area contributed by atoms with Crippen molar-refractivity contribution in [2.45, 2.75) is 26.7 Å². The van der Waals surface area contributed by atoms with Crippen LogP contribution in [0.4, 0.5) is 0 Å². The van der Waals surface area contributed by atoms with Crippen LogP contribution in [-0.4, -0.2) is 15.6 Å². The van der Waals surface area contributed by atoms with E-state index in [0.717, 1.165) is 24.1 Å². The summed E-state index contributed by atoms with van der Waals surface area (Å²) in [5.74, 6) is 0.103. The average Bonchev–Trinajstić information content (AvgIpc) is 2.34. The molecular weight excluding hydrogens is 152 g/mol. The summed E-state index contributed by atoms with van der Waals surface area (Å²) in [6, 6.07) is 0. The number of Topliss-reactive ketones (excluding diaryl/α,β-unsaturated/α-hetero) is 1. The number of carbonyl (C=O) groups is 1. The summed E-state index contributed by atoms with van der Waals surface area (Å²) in [4.78, 5) is 11.1. The Bertz CT molecular complexity index is 289. The Morgan fingerprint density at radius 2 is 2.33 bits per heavy atom. The number of aryl methyl sites for hydroxylation is 1. The van der Waals surface area contributed by atoms with Crippen LogP contribution in [0.3, 0.4) is 0 Å². The first kappa shape index (κ1) is 8.97. The first-order valence-electron chi connectivity index (χ1n) is 4.18. The summed E-state index contributed by atoms with van der Waals surface area (Å²) in [6.07, 6.45) is 3.61. The van der Waals surface area contributed by atoms with E-state index in [2.05, 4.69) is 12.0 Å². The predicted octanol–water partition coefficient (Wildman–Crippen LogP) is 1.58. The molecule has 0 fully saturated rings. The van der Waals surface area contributed by atoms with Gasteiger partial charge in [-0.3, -0.25) is 9.48 Å². The first-order chi connectivity index (χ1) is 5.66. The monoisotopic (exact) mass is 166 g/mol. The fourth-order valence-corrected chi connectivity index (χ4v) is 1.29. The van der Waals surface area contributed by atoms with Crippen LogP contribution in [0, 0.1) is 0 Å². The SMILES string of the molecule is CCCc1c(C(C)=O)cnn1C. The lowest BCUT2D eigenvalue weighted by Gasteiger charge is -2.00. The smallest absolute Gasteiger partial charge is 0.163 e. The second-order valence-electron chi connectivity index (χ2n) is 2.93. The molecule has 0 unspecified atom stereocenters. The summed E-state index contributed by atoms with van der Waals surface area (Å²) >= 11 is 0. The van der Waals surface area contributed by atoms with Gasteiger partial charge in [0, 0.05) is 12.7 Å². The lowest BCUT2D eigenvalue weighted by Crippen LogP contribution is -2.02. The number of rotatable bonds is 3. The number of carbonyl (C=O) groups excluding carboxylic acids is 1. The minimum absolute atomic E-state index is 0.103. The van der Waals surface area contributed by atoms with Gasteiger partial charge in [-0.15, -0.1) is 0 Å². The Morgan fingerprint density at radius 3 is 2.83 bits per heavy atom. The van der Waals surface area contributed by atoms with Gasteiger partial charge in [0.1, 0.15) is 0 Å². The van der Waals surface area contributed by atoms with Crippen molar-refractivity contribution in [2.24, 2.45) is 7.05 Å². The molecule has 66 valence electrons. The number of nitrogens with zero attached hydrogens (tertiary/aromatic N) is 2. The summed E-state index contributed by atoms with van der Waals surface area (Å²) in [5, 5.41) is 4.05. The van der Waals surface area contributed by atoms with Gasteiger partial charge in [-0.25, -0.2) is 0 Å². The lowest BCUT2D eigenvalue weighted by atomic mass is 10.1. The molecule has 3 heteroatoms. The minimum Gasteiger partial charge on any atom is -0.294 e. The topological polar surface area (TPSA) is 34.9 Å². The molecule has 1 aromatic rings. The van der Waals surface area contributed by atoms with Gasteiger partial charge in [0.25, 0.3) is 0 Å². The van der Waals surface area contributed by atoms with E-state index in [-0.39, 0.29) is 5.78 Å². The molecule has 1 heterocycles. The second-order valence-corrected chi connectivity index (χ2v) is 2.93. The molecule has 0 aliphatic heterocycles. The summed E-state index contributed by atoms with van der Waals surface area (Å²) in [7, 11) is 1.87. The van der Waals surface area contributed by atoms with Crippen LogP contribution in [-0.2, 0) is 13.5 Å². The van der Waals surface area contributed by atoms with Crippen molar-refractivity contribution in [3.8, 4) is 0 Å². The van der Waals surface area contributed by atoms with E-state index in [4.69, 9.17) is 0 Å². The Hall–Kier alpha value is -1.12. The van der Waals surface area contributed by atoms with E-state index in [9.17, 15) is 4.79 Å². The highest BCUT2D eigenvalue weighted by Gasteiger charge is 2.10. The average molecular weight is 166 g/mol. The summed E-state index contributed by atoms with van der Waals surface area (Å²) in [6.45, 7) is 3.67. The van der Waals surface area contributed by atoms with E-state index < -0.39 is 0 Å². The van der Waals surface area contributed by atoms with Gasteiger partial charge in [-0.1, -0.05) is 13.3 Å². The van der Waals surface area contributed by atoms with Gasteiger partial charge in [-0.05, 0) is 13.3 Å². The van der Waals surface area contributed by atoms with Crippen molar-refractivity contribution in [1.82, 2.24) is 9.78 Å². The summed E-state index contributed by atoms with van der Waals surface area (Å²) < 4.78 is 1.78. The maximum absolute atomic E-state index is 11.1. The molecule has 0 aliphatic carbocycles. The van der Waals surface area contributed by atoms with E-state index in [1.807, 2.05) is 7.05 Å². The molecule has 0 N–H and O–H groups in total. The van der Waals surface area contributed by atoms with Crippen molar-refractivity contribution < 1.29 is 4.79 Å². The van der Waals surface area contributed by atoms with Crippen molar-refractivity contribution in [1.29, 1.82) is 0 Å². The molecule has 0 amide bonds. The molecule has 0 aliphatic rings. The number of ketones is 1. The quantitative estimate of drug-likeness (QED) is 0.639. The third kappa shape index (κ3) is 1.55. The van der Waals surface area contributed by atoms with Crippen LogP contribution < -0.4 is 0 Å². The highest BCUT2D eigenvalue weighted by molar-refractivity contribution is 5.94. The molecule has 1 rings (SSSR count). The molecule has 0 bridgehead atoms. The molecule has 0 aromatic carbocycles. The molecule has 0 saturated heterocycles. The number of aromatic nitrogens is 2. The molecule has 0 radical (unpaired) electrons. The van der Waals surface area contributed by atoms with Gasteiger partial charge in [0.2, 0.25) is 0 Å². The zero-order valence-corrected chi connectivity index (χ0v) is 7.79. The van der Waals surface area contributed by atoms with Crippen LogP contribution >= 0.6 is 0 Å². The predicted molar refractivity (Wildman–Crippen MR) is 47.2 cm³/mol. The van der Waals surface area contributed by atoms with Crippen molar-refractivity contribution >= 4 is 5.78 Å². The van der Waals surface area contributed by atoms with Crippen molar-refractivity contribution in [3.63, 3.8) is 0 Å². The molecule has 12 heavy (non-hydrogen) atoms. The highest BCUT2D eigenvalue weighted by Crippen LogP contribution is 2.10. The number of hydrogen-bond acceptors (Lipinski definition) is 2. The maximum atomic E-state index is 11.1. The van der Waals surface area contributed by atoms with E-state index in [1.54, 1.807) is 17.8 Å². The standard InChI is InChI=1S/C9H14N2O/c1-4-5-9-8(7(2)12)6-10-11(9)3/h6H,4-5H2,1-3H3. The van der Waals surface area contributed by atoms with Crippen LogP contribution in [0.1, 0.15) is 36.3 Å². The van der Waals surface area contributed by atoms with Crippen molar-refractivity contribution in [2.75, 3.05) is 0 Å². The minimum atomic E-state index is 0.103. The molecule has 3 nitrogen and oxygen atoms in total. The van der Waals surface area contributed by atoms with Gasteiger partial charge < -0.3 is 0 Å². The van der Waals surface area contributed by atoms with Crippen LogP contribution in [0.2, 0.25) is 0 Å². The van der Waals surface area contributed by atoms with E-state index in [1.165, 1.54) is 0 Å². The Labute approximate surface area is 72.4 Å². The van der Waals surface area contributed by atoms with Crippen LogP contribution in [0.5, 0.6) is 0 Å². The Kier molecular flexibility index (Phi) is 2.63. The second kappa shape index (κ2) is 3.52. The van der Waals surface area contributed by atoms with Gasteiger partial charge in [0.05, 0.1) is 11.8 Å². The molecule has 0 saturated carbocycles. The third-order valence-corrected chi connectivity index (χ3v) is 1.93. The zero-order valence-electron chi connectivity index (χ0n) is 7.79. The summed E-state index contributed by atoms with van der Waals surface area (Å²) in [5.41, 5.74) is 1.81. The van der Waals surface area contributed by atoms with E-state index >= 15 is 0 Å². The largest absolute Gasteiger partial charge is 0.294 e.